The van der Waals surface area contributed by atoms with Gasteiger partial charge in [-0.3, -0.25) is 9.97 Å². The van der Waals surface area contributed by atoms with Gasteiger partial charge in [0.2, 0.25) is 0 Å². The SMILES string of the molecule is Cc1nccnc1C(C)NC1CCC(O)CC1. The summed E-state index contributed by atoms with van der Waals surface area (Å²) >= 11 is 0. The Kier molecular flexibility index (Phi) is 4.07. The first-order valence-corrected chi connectivity index (χ1v) is 6.38. The summed E-state index contributed by atoms with van der Waals surface area (Å²) in [6.45, 7) is 4.12. The molecular formula is C13H21N3O. The Bertz CT molecular complexity index is 361. The highest BCUT2D eigenvalue weighted by molar-refractivity contribution is 5.12. The molecule has 1 atom stereocenters. The van der Waals surface area contributed by atoms with Gasteiger partial charge in [-0.25, -0.2) is 0 Å². The van der Waals surface area contributed by atoms with E-state index in [1.807, 2.05) is 6.92 Å². The van der Waals surface area contributed by atoms with E-state index in [2.05, 4.69) is 22.2 Å². The second kappa shape index (κ2) is 5.56. The molecule has 0 aromatic carbocycles. The number of hydrogen-bond donors (Lipinski definition) is 2. The third-order valence-corrected chi connectivity index (χ3v) is 3.51. The van der Waals surface area contributed by atoms with Crippen LogP contribution in [0.1, 0.15) is 50.0 Å². The van der Waals surface area contributed by atoms with E-state index in [1.165, 1.54) is 0 Å². The van der Waals surface area contributed by atoms with Gasteiger partial charge in [0.05, 0.1) is 17.5 Å². The first kappa shape index (κ1) is 12.5. The van der Waals surface area contributed by atoms with E-state index in [4.69, 9.17) is 0 Å². The maximum Gasteiger partial charge on any atom is 0.0782 e. The molecule has 0 amide bonds. The molecule has 1 aromatic rings. The van der Waals surface area contributed by atoms with Gasteiger partial charge in [-0.15, -0.1) is 0 Å². The number of nitrogens with zero attached hydrogens (tertiary/aromatic N) is 2. The molecule has 1 fully saturated rings. The van der Waals surface area contributed by atoms with Gasteiger partial charge in [0.15, 0.2) is 0 Å². The first-order chi connectivity index (χ1) is 8.16. The molecule has 2 rings (SSSR count). The van der Waals surface area contributed by atoms with E-state index in [-0.39, 0.29) is 12.1 Å². The summed E-state index contributed by atoms with van der Waals surface area (Å²) in [7, 11) is 0. The Morgan fingerprint density at radius 2 is 1.88 bits per heavy atom. The lowest BCUT2D eigenvalue weighted by Crippen LogP contribution is -2.36. The predicted molar refractivity (Wildman–Crippen MR) is 66.6 cm³/mol. The topological polar surface area (TPSA) is 58.0 Å². The molecule has 0 saturated heterocycles. The van der Waals surface area contributed by atoms with E-state index in [1.54, 1.807) is 12.4 Å². The quantitative estimate of drug-likeness (QED) is 0.838. The molecule has 1 saturated carbocycles. The van der Waals surface area contributed by atoms with Crippen molar-refractivity contribution >= 4 is 0 Å². The summed E-state index contributed by atoms with van der Waals surface area (Å²) in [5.74, 6) is 0. The van der Waals surface area contributed by atoms with E-state index in [0.29, 0.717) is 6.04 Å². The third-order valence-electron chi connectivity index (χ3n) is 3.51. The minimum absolute atomic E-state index is 0.0957. The summed E-state index contributed by atoms with van der Waals surface area (Å²) in [5, 5.41) is 13.1. The lowest BCUT2D eigenvalue weighted by atomic mass is 9.92. The molecule has 0 radical (unpaired) electrons. The maximum atomic E-state index is 9.47. The Labute approximate surface area is 102 Å². The second-order valence-corrected chi connectivity index (χ2v) is 4.92. The highest BCUT2D eigenvalue weighted by Gasteiger charge is 2.21. The van der Waals surface area contributed by atoms with Crippen molar-refractivity contribution in [3.8, 4) is 0 Å². The van der Waals surface area contributed by atoms with Gasteiger partial charge in [0.25, 0.3) is 0 Å². The van der Waals surface area contributed by atoms with Gasteiger partial charge >= 0.3 is 0 Å². The highest BCUT2D eigenvalue weighted by Crippen LogP contribution is 2.21. The molecule has 1 aliphatic rings. The van der Waals surface area contributed by atoms with E-state index < -0.39 is 0 Å². The lowest BCUT2D eigenvalue weighted by Gasteiger charge is -2.29. The first-order valence-electron chi connectivity index (χ1n) is 6.38. The van der Waals surface area contributed by atoms with E-state index in [9.17, 15) is 5.11 Å². The average molecular weight is 235 g/mol. The largest absolute Gasteiger partial charge is 0.393 e. The smallest absolute Gasteiger partial charge is 0.0782 e. The molecule has 94 valence electrons. The Hall–Kier alpha value is -1.00. The molecule has 0 aliphatic heterocycles. The van der Waals surface area contributed by atoms with Crippen LogP contribution in [0.2, 0.25) is 0 Å². The summed E-state index contributed by atoms with van der Waals surface area (Å²) in [6.07, 6.45) is 7.28. The number of nitrogens with one attached hydrogen (secondary N) is 1. The molecule has 0 bridgehead atoms. The third kappa shape index (κ3) is 3.23. The van der Waals surface area contributed by atoms with Crippen molar-refractivity contribution in [1.82, 2.24) is 15.3 Å². The van der Waals surface area contributed by atoms with Crippen molar-refractivity contribution in [1.29, 1.82) is 0 Å². The van der Waals surface area contributed by atoms with Crippen molar-refractivity contribution in [3.63, 3.8) is 0 Å². The number of aromatic nitrogens is 2. The normalized spacial score (nSPS) is 26.8. The van der Waals surface area contributed by atoms with Crippen LogP contribution in [0.3, 0.4) is 0 Å². The number of rotatable bonds is 3. The van der Waals surface area contributed by atoms with Crippen molar-refractivity contribution in [2.45, 2.75) is 57.7 Å². The molecule has 0 spiro atoms. The number of aliphatic hydroxyl groups is 1. The number of aryl methyl sites for hydroxylation is 1. The van der Waals surface area contributed by atoms with Crippen LogP contribution in [0.15, 0.2) is 12.4 Å². The summed E-state index contributed by atoms with van der Waals surface area (Å²) in [5.41, 5.74) is 2.02. The van der Waals surface area contributed by atoms with Crippen LogP contribution < -0.4 is 5.32 Å². The highest BCUT2D eigenvalue weighted by atomic mass is 16.3. The minimum Gasteiger partial charge on any atom is -0.393 e. The fraction of sp³-hybridized carbons (Fsp3) is 0.692. The average Bonchev–Trinajstić information content (AvgIpc) is 2.32. The summed E-state index contributed by atoms with van der Waals surface area (Å²) in [4.78, 5) is 8.65. The molecule has 1 unspecified atom stereocenters. The monoisotopic (exact) mass is 235 g/mol. The zero-order chi connectivity index (χ0) is 12.3. The van der Waals surface area contributed by atoms with Crippen LogP contribution >= 0.6 is 0 Å². The van der Waals surface area contributed by atoms with E-state index >= 15 is 0 Å². The molecule has 17 heavy (non-hydrogen) atoms. The molecular weight excluding hydrogens is 214 g/mol. The number of aliphatic hydroxyl groups excluding tert-OH is 1. The van der Waals surface area contributed by atoms with Crippen LogP contribution in [-0.4, -0.2) is 27.2 Å². The van der Waals surface area contributed by atoms with Gasteiger partial charge < -0.3 is 10.4 Å². The zero-order valence-electron chi connectivity index (χ0n) is 10.6. The van der Waals surface area contributed by atoms with Gasteiger partial charge in [-0.2, -0.15) is 0 Å². The van der Waals surface area contributed by atoms with Crippen LogP contribution in [0.4, 0.5) is 0 Å². The van der Waals surface area contributed by atoms with Crippen LogP contribution in [0, 0.1) is 6.92 Å². The predicted octanol–water partition coefficient (Wildman–Crippen LogP) is 1.74. The van der Waals surface area contributed by atoms with Crippen molar-refractivity contribution in [2.75, 3.05) is 0 Å². The molecule has 1 aromatic heterocycles. The Morgan fingerprint density at radius 1 is 1.24 bits per heavy atom. The van der Waals surface area contributed by atoms with Crippen molar-refractivity contribution in [3.05, 3.63) is 23.8 Å². The molecule has 2 N–H and O–H groups in total. The standard InChI is InChI=1S/C13H21N3O/c1-9-13(15-8-7-14-9)10(2)16-11-3-5-12(17)6-4-11/h7-8,10-12,16-17H,3-6H2,1-2H3. The minimum atomic E-state index is -0.0957. The van der Waals surface area contributed by atoms with Crippen LogP contribution in [-0.2, 0) is 0 Å². The molecule has 1 heterocycles. The van der Waals surface area contributed by atoms with Gasteiger partial charge in [0.1, 0.15) is 0 Å². The molecule has 1 aliphatic carbocycles. The second-order valence-electron chi connectivity index (χ2n) is 4.92. The zero-order valence-corrected chi connectivity index (χ0v) is 10.6. The van der Waals surface area contributed by atoms with Gasteiger partial charge in [0, 0.05) is 24.5 Å². The summed E-state index contributed by atoms with van der Waals surface area (Å²) < 4.78 is 0. The Balaban J connectivity index is 1.93. The molecule has 4 nitrogen and oxygen atoms in total. The van der Waals surface area contributed by atoms with Crippen molar-refractivity contribution < 1.29 is 5.11 Å². The fourth-order valence-corrected chi connectivity index (χ4v) is 2.52. The van der Waals surface area contributed by atoms with E-state index in [0.717, 1.165) is 37.1 Å². The maximum absolute atomic E-state index is 9.47. The lowest BCUT2D eigenvalue weighted by molar-refractivity contribution is 0.114. The fourth-order valence-electron chi connectivity index (χ4n) is 2.52. The van der Waals surface area contributed by atoms with Gasteiger partial charge in [-0.05, 0) is 39.5 Å². The summed E-state index contributed by atoms with van der Waals surface area (Å²) in [6, 6.07) is 0.721. The van der Waals surface area contributed by atoms with Crippen LogP contribution in [0.25, 0.3) is 0 Å². The Morgan fingerprint density at radius 3 is 2.53 bits per heavy atom. The molecule has 4 heteroatoms. The van der Waals surface area contributed by atoms with Crippen molar-refractivity contribution in [2.24, 2.45) is 0 Å². The number of hydrogen-bond acceptors (Lipinski definition) is 4. The van der Waals surface area contributed by atoms with Crippen LogP contribution in [0.5, 0.6) is 0 Å². The van der Waals surface area contributed by atoms with Gasteiger partial charge in [-0.1, -0.05) is 0 Å².